The van der Waals surface area contributed by atoms with Gasteiger partial charge in [-0.1, -0.05) is 13.3 Å². The van der Waals surface area contributed by atoms with Crippen molar-refractivity contribution in [3.05, 3.63) is 41.2 Å². The van der Waals surface area contributed by atoms with E-state index in [-0.39, 0.29) is 6.03 Å². The molecule has 0 atom stereocenters. The number of carbonyl (C=O) groups is 2. The molecule has 2 amide bonds. The summed E-state index contributed by atoms with van der Waals surface area (Å²) < 4.78 is 12.3. The molecule has 0 fully saturated rings. The van der Waals surface area contributed by atoms with Crippen LogP contribution in [0.15, 0.2) is 24.3 Å². The zero-order valence-corrected chi connectivity index (χ0v) is 17.2. The molecule has 1 aromatic heterocycles. The Bertz CT molecular complexity index is 860. The number of urea groups is 1. The number of hydrogen-bond donors (Lipinski definition) is 1. The van der Waals surface area contributed by atoms with Crippen molar-refractivity contribution < 1.29 is 19.1 Å². The normalized spacial score (nSPS) is 13.0. The minimum Gasteiger partial charge on any atom is -0.494 e. The Kier molecular flexibility index (Phi) is 6.74. The molecule has 0 aliphatic carbocycles. The molecular weight excluding hydrogens is 372 g/mol. The fourth-order valence-corrected chi connectivity index (χ4v) is 3.30. The summed E-state index contributed by atoms with van der Waals surface area (Å²) in [5, 5.41) is 7.32. The molecule has 0 saturated heterocycles. The Morgan fingerprint density at radius 3 is 2.66 bits per heavy atom. The predicted molar refractivity (Wildman–Crippen MR) is 109 cm³/mol. The van der Waals surface area contributed by atoms with Crippen LogP contribution in [0.3, 0.4) is 0 Å². The van der Waals surface area contributed by atoms with E-state index < -0.39 is 5.97 Å². The minimum atomic E-state index is -0.412. The second-order valence-corrected chi connectivity index (χ2v) is 6.95. The summed E-state index contributed by atoms with van der Waals surface area (Å²) >= 11 is 0. The van der Waals surface area contributed by atoms with Crippen LogP contribution in [-0.2, 0) is 24.8 Å². The highest BCUT2D eigenvalue weighted by Gasteiger charge is 2.30. The Morgan fingerprint density at radius 2 is 1.97 bits per heavy atom. The number of nitrogens with one attached hydrogen (secondary N) is 1. The third-order valence-electron chi connectivity index (χ3n) is 4.82. The van der Waals surface area contributed by atoms with E-state index >= 15 is 0 Å². The molecule has 1 aliphatic rings. The van der Waals surface area contributed by atoms with Gasteiger partial charge in [0.15, 0.2) is 5.69 Å². The van der Waals surface area contributed by atoms with Crippen LogP contribution in [0.2, 0.25) is 0 Å². The van der Waals surface area contributed by atoms with Crippen LogP contribution in [0, 0.1) is 0 Å². The number of aryl methyl sites for hydroxylation is 1. The van der Waals surface area contributed by atoms with E-state index in [9.17, 15) is 9.59 Å². The van der Waals surface area contributed by atoms with Gasteiger partial charge in [0, 0.05) is 31.3 Å². The average molecular weight is 400 g/mol. The van der Waals surface area contributed by atoms with Crippen molar-refractivity contribution in [3.8, 4) is 5.75 Å². The Balaban J connectivity index is 1.64. The van der Waals surface area contributed by atoms with Gasteiger partial charge in [0.05, 0.1) is 25.5 Å². The van der Waals surface area contributed by atoms with Crippen molar-refractivity contribution >= 4 is 17.7 Å². The van der Waals surface area contributed by atoms with Gasteiger partial charge in [-0.05, 0) is 37.6 Å². The number of aromatic nitrogens is 2. The number of ether oxygens (including phenoxy) is 2. The lowest BCUT2D eigenvalue weighted by molar-refractivity contribution is 0.0511. The molecule has 1 aromatic carbocycles. The van der Waals surface area contributed by atoms with Gasteiger partial charge in [0.25, 0.3) is 0 Å². The molecule has 0 spiro atoms. The molecule has 2 aromatic rings. The van der Waals surface area contributed by atoms with Crippen molar-refractivity contribution in [1.82, 2.24) is 14.7 Å². The number of hydrogen-bond acceptors (Lipinski definition) is 5. The largest absolute Gasteiger partial charge is 0.494 e. The first kappa shape index (κ1) is 20.7. The number of carbonyl (C=O) groups excluding carboxylic acids is 2. The summed E-state index contributed by atoms with van der Waals surface area (Å²) in [6.07, 6.45) is 2.69. The first-order valence-corrected chi connectivity index (χ1v) is 10.0. The Hall–Kier alpha value is -3.03. The highest BCUT2D eigenvalue weighted by molar-refractivity contribution is 5.91. The number of esters is 1. The average Bonchev–Trinajstić information content (AvgIpc) is 3.04. The molecule has 3 rings (SSSR count). The molecule has 2 heterocycles. The molecule has 156 valence electrons. The second kappa shape index (κ2) is 9.45. The number of anilines is 1. The van der Waals surface area contributed by atoms with E-state index in [1.54, 1.807) is 23.6 Å². The molecule has 0 saturated carbocycles. The van der Waals surface area contributed by atoms with Gasteiger partial charge >= 0.3 is 12.0 Å². The van der Waals surface area contributed by atoms with Gasteiger partial charge in [-0.2, -0.15) is 5.10 Å². The van der Waals surface area contributed by atoms with Crippen molar-refractivity contribution in [2.75, 3.05) is 25.1 Å². The van der Waals surface area contributed by atoms with Crippen molar-refractivity contribution in [2.24, 2.45) is 7.05 Å². The summed E-state index contributed by atoms with van der Waals surface area (Å²) in [6, 6.07) is 7.12. The second-order valence-electron chi connectivity index (χ2n) is 6.95. The van der Waals surface area contributed by atoms with Crippen LogP contribution >= 0.6 is 0 Å². The number of rotatable bonds is 7. The number of benzene rings is 1. The maximum Gasteiger partial charge on any atom is 0.356 e. The fourth-order valence-electron chi connectivity index (χ4n) is 3.30. The first-order chi connectivity index (χ1) is 14.0. The van der Waals surface area contributed by atoms with Gasteiger partial charge in [-0.3, -0.25) is 4.68 Å². The van der Waals surface area contributed by atoms with E-state index in [1.807, 2.05) is 24.3 Å². The molecule has 29 heavy (non-hydrogen) atoms. The van der Waals surface area contributed by atoms with Gasteiger partial charge in [0.1, 0.15) is 5.75 Å². The van der Waals surface area contributed by atoms with Crippen LogP contribution in [0.25, 0.3) is 0 Å². The molecule has 8 nitrogen and oxygen atoms in total. The third kappa shape index (κ3) is 4.88. The topological polar surface area (TPSA) is 85.7 Å². The van der Waals surface area contributed by atoms with E-state index in [4.69, 9.17) is 9.47 Å². The number of fused-ring (bicyclic) bond motifs is 1. The highest BCUT2D eigenvalue weighted by atomic mass is 16.5. The standard InChI is InChI=1S/C21H28N4O4/c1-4-6-13-29-16-9-7-15(8-10-16)22-21(27)25-12-11-18-17(14-25)19(24(3)23-18)20(26)28-5-2/h7-10H,4-6,11-14H2,1-3H3,(H,22,27). The molecule has 0 radical (unpaired) electrons. The van der Waals surface area contributed by atoms with Crippen molar-refractivity contribution in [2.45, 2.75) is 39.7 Å². The molecule has 0 unspecified atom stereocenters. The molecule has 0 bridgehead atoms. The van der Waals surface area contributed by atoms with E-state index in [0.717, 1.165) is 29.8 Å². The van der Waals surface area contributed by atoms with E-state index in [2.05, 4.69) is 17.3 Å². The summed E-state index contributed by atoms with van der Waals surface area (Å²) in [5.41, 5.74) is 2.70. The lowest BCUT2D eigenvalue weighted by Gasteiger charge is -2.27. The van der Waals surface area contributed by atoms with Crippen LogP contribution in [0.1, 0.15) is 48.4 Å². The molecule has 8 heteroatoms. The summed E-state index contributed by atoms with van der Waals surface area (Å²) in [4.78, 5) is 26.7. The quantitative estimate of drug-likeness (QED) is 0.569. The smallest absolute Gasteiger partial charge is 0.356 e. The SMILES string of the molecule is CCCCOc1ccc(NC(=O)N2CCc3nn(C)c(C(=O)OCC)c3C2)cc1. The van der Waals surface area contributed by atoms with E-state index in [1.165, 1.54) is 0 Å². The minimum absolute atomic E-state index is 0.214. The van der Waals surface area contributed by atoms with Gasteiger partial charge in [0.2, 0.25) is 0 Å². The van der Waals surface area contributed by atoms with E-state index in [0.29, 0.717) is 44.1 Å². The fraction of sp³-hybridized carbons (Fsp3) is 0.476. The summed E-state index contributed by atoms with van der Waals surface area (Å²) in [5.74, 6) is 0.373. The predicted octanol–water partition coefficient (Wildman–Crippen LogP) is 3.37. The lowest BCUT2D eigenvalue weighted by Crippen LogP contribution is -2.39. The van der Waals surface area contributed by atoms with Crippen LogP contribution in [-0.4, -0.2) is 46.4 Å². The summed E-state index contributed by atoms with van der Waals surface area (Å²) in [6.45, 7) is 5.72. The maximum atomic E-state index is 12.7. The van der Waals surface area contributed by atoms with Gasteiger partial charge in [-0.25, -0.2) is 9.59 Å². The monoisotopic (exact) mass is 400 g/mol. The Morgan fingerprint density at radius 1 is 1.21 bits per heavy atom. The van der Waals surface area contributed by atoms with Crippen LogP contribution in [0.4, 0.5) is 10.5 Å². The van der Waals surface area contributed by atoms with Crippen LogP contribution in [0.5, 0.6) is 5.75 Å². The number of unbranched alkanes of at least 4 members (excludes halogenated alkanes) is 1. The molecule has 1 N–H and O–H groups in total. The van der Waals surface area contributed by atoms with Gasteiger partial charge < -0.3 is 19.7 Å². The molecule has 1 aliphatic heterocycles. The van der Waals surface area contributed by atoms with Crippen molar-refractivity contribution in [1.29, 1.82) is 0 Å². The zero-order valence-electron chi connectivity index (χ0n) is 17.2. The third-order valence-corrected chi connectivity index (χ3v) is 4.82. The number of amides is 2. The summed E-state index contributed by atoms with van der Waals surface area (Å²) in [7, 11) is 1.72. The Labute approximate surface area is 170 Å². The van der Waals surface area contributed by atoms with Crippen molar-refractivity contribution in [3.63, 3.8) is 0 Å². The lowest BCUT2D eigenvalue weighted by atomic mass is 10.1. The maximum absolute atomic E-state index is 12.7. The number of nitrogens with zero attached hydrogens (tertiary/aromatic N) is 3. The highest BCUT2D eigenvalue weighted by Crippen LogP contribution is 2.24. The van der Waals surface area contributed by atoms with Crippen LogP contribution < -0.4 is 10.1 Å². The van der Waals surface area contributed by atoms with Gasteiger partial charge in [-0.15, -0.1) is 0 Å². The first-order valence-electron chi connectivity index (χ1n) is 10.0. The zero-order chi connectivity index (χ0) is 20.8. The molecular formula is C21H28N4O4.